The van der Waals surface area contributed by atoms with Gasteiger partial charge in [0.2, 0.25) is 0 Å². The number of hydrogen-bond acceptors (Lipinski definition) is 1. The molecule has 0 amide bonds. The zero-order valence-corrected chi connectivity index (χ0v) is 11.7. The lowest BCUT2D eigenvalue weighted by molar-refractivity contribution is 0.689. The SMILES string of the molecule is CC.Cc1cccc2cc(C)n(C3CC3)c(=O)c12. The minimum atomic E-state index is 0.190. The van der Waals surface area contributed by atoms with Crippen molar-refractivity contribution in [3.63, 3.8) is 0 Å². The van der Waals surface area contributed by atoms with Crippen LogP contribution in [0.4, 0.5) is 0 Å². The summed E-state index contributed by atoms with van der Waals surface area (Å²) in [6, 6.07) is 8.63. The van der Waals surface area contributed by atoms with Crippen molar-refractivity contribution in [3.05, 3.63) is 45.9 Å². The van der Waals surface area contributed by atoms with Crippen molar-refractivity contribution >= 4 is 10.8 Å². The molecule has 0 spiro atoms. The van der Waals surface area contributed by atoms with Crippen LogP contribution >= 0.6 is 0 Å². The highest BCUT2D eigenvalue weighted by Gasteiger charge is 2.26. The highest BCUT2D eigenvalue weighted by atomic mass is 16.1. The summed E-state index contributed by atoms with van der Waals surface area (Å²) in [4.78, 5) is 12.4. The molecule has 0 unspecified atom stereocenters. The van der Waals surface area contributed by atoms with Crippen LogP contribution in [0.3, 0.4) is 0 Å². The molecule has 3 rings (SSSR count). The van der Waals surface area contributed by atoms with Crippen molar-refractivity contribution in [2.75, 3.05) is 0 Å². The number of fused-ring (bicyclic) bond motifs is 1. The second kappa shape index (κ2) is 4.97. The van der Waals surface area contributed by atoms with Crippen LogP contribution in [0.15, 0.2) is 29.1 Å². The van der Waals surface area contributed by atoms with Gasteiger partial charge in [0, 0.05) is 11.7 Å². The summed E-state index contributed by atoms with van der Waals surface area (Å²) in [6.07, 6.45) is 2.30. The number of rotatable bonds is 1. The van der Waals surface area contributed by atoms with Crippen molar-refractivity contribution < 1.29 is 0 Å². The Morgan fingerprint density at radius 3 is 2.44 bits per heavy atom. The van der Waals surface area contributed by atoms with Gasteiger partial charge in [0.25, 0.3) is 5.56 Å². The molecule has 0 bridgehead atoms. The summed E-state index contributed by atoms with van der Waals surface area (Å²) in [5, 5.41) is 1.96. The Bertz CT molecular complexity index is 621. The maximum atomic E-state index is 12.4. The van der Waals surface area contributed by atoms with Gasteiger partial charge in [0.05, 0.1) is 5.39 Å². The average molecular weight is 243 g/mol. The van der Waals surface area contributed by atoms with Crippen molar-refractivity contribution in [1.82, 2.24) is 4.57 Å². The molecule has 0 saturated heterocycles. The highest BCUT2D eigenvalue weighted by Crippen LogP contribution is 2.35. The predicted octanol–water partition coefficient (Wildman–Crippen LogP) is 3.98. The van der Waals surface area contributed by atoms with E-state index < -0.39 is 0 Å². The summed E-state index contributed by atoms with van der Waals surface area (Å²) >= 11 is 0. The molecule has 2 nitrogen and oxygen atoms in total. The Kier molecular flexibility index (Phi) is 3.55. The smallest absolute Gasteiger partial charge is 0.259 e. The minimum absolute atomic E-state index is 0.190. The van der Waals surface area contributed by atoms with Crippen LogP contribution in [-0.2, 0) is 0 Å². The Morgan fingerprint density at radius 2 is 1.83 bits per heavy atom. The Labute approximate surface area is 108 Å². The fourth-order valence-corrected chi connectivity index (χ4v) is 2.46. The summed E-state index contributed by atoms with van der Waals surface area (Å²) < 4.78 is 1.97. The third-order valence-electron chi connectivity index (χ3n) is 3.39. The van der Waals surface area contributed by atoms with Crippen LogP contribution in [0.25, 0.3) is 10.8 Å². The first kappa shape index (κ1) is 12.9. The predicted molar refractivity (Wildman–Crippen MR) is 77.3 cm³/mol. The standard InChI is InChI=1S/C14H15NO.C2H6/c1-9-4-3-5-11-8-10(2)15(12-6-7-12)14(16)13(9)11;1-2/h3-5,8,12H,6-7H2,1-2H3;1-2H3. The first-order valence-electron chi connectivity index (χ1n) is 6.80. The largest absolute Gasteiger partial charge is 0.309 e. The van der Waals surface area contributed by atoms with E-state index in [1.807, 2.05) is 50.5 Å². The van der Waals surface area contributed by atoms with Gasteiger partial charge in [-0.2, -0.15) is 0 Å². The maximum absolute atomic E-state index is 12.4. The maximum Gasteiger partial charge on any atom is 0.259 e. The number of aryl methyl sites for hydroxylation is 2. The number of nitrogens with zero attached hydrogens (tertiary/aromatic N) is 1. The third-order valence-corrected chi connectivity index (χ3v) is 3.39. The van der Waals surface area contributed by atoms with Gasteiger partial charge >= 0.3 is 0 Å². The first-order chi connectivity index (χ1) is 8.68. The first-order valence-corrected chi connectivity index (χ1v) is 6.80. The van der Waals surface area contributed by atoms with E-state index in [1.165, 1.54) is 0 Å². The van der Waals surface area contributed by atoms with E-state index in [-0.39, 0.29) is 5.56 Å². The van der Waals surface area contributed by atoms with Crippen LogP contribution < -0.4 is 5.56 Å². The summed E-state index contributed by atoms with van der Waals surface area (Å²) in [5.74, 6) is 0. The molecule has 1 aliphatic rings. The fourth-order valence-electron chi connectivity index (χ4n) is 2.46. The number of benzene rings is 1. The second-order valence-corrected chi connectivity index (χ2v) is 4.73. The summed E-state index contributed by atoms with van der Waals surface area (Å²) in [5.41, 5.74) is 2.36. The fraction of sp³-hybridized carbons (Fsp3) is 0.438. The molecule has 0 aliphatic heterocycles. The van der Waals surface area contributed by atoms with E-state index in [0.29, 0.717) is 6.04 Å². The average Bonchev–Trinajstić information content (AvgIpc) is 3.15. The number of hydrogen-bond donors (Lipinski definition) is 0. The molecule has 1 aromatic heterocycles. The van der Waals surface area contributed by atoms with Crippen LogP contribution in [0, 0.1) is 13.8 Å². The van der Waals surface area contributed by atoms with Crippen LogP contribution in [0.1, 0.15) is 44.0 Å². The molecule has 0 atom stereocenters. The summed E-state index contributed by atoms with van der Waals surface area (Å²) in [6.45, 7) is 8.04. The van der Waals surface area contributed by atoms with Gasteiger partial charge < -0.3 is 4.57 Å². The molecule has 1 fully saturated rings. The van der Waals surface area contributed by atoms with Gasteiger partial charge in [-0.15, -0.1) is 0 Å². The van der Waals surface area contributed by atoms with E-state index in [1.54, 1.807) is 0 Å². The Hall–Kier alpha value is -1.57. The van der Waals surface area contributed by atoms with Gasteiger partial charge in [0.1, 0.15) is 0 Å². The van der Waals surface area contributed by atoms with Crippen LogP contribution in [0.2, 0.25) is 0 Å². The zero-order valence-electron chi connectivity index (χ0n) is 11.7. The lowest BCUT2D eigenvalue weighted by Gasteiger charge is -2.11. The normalized spacial score (nSPS) is 14.2. The van der Waals surface area contributed by atoms with E-state index >= 15 is 0 Å². The highest BCUT2D eigenvalue weighted by molar-refractivity contribution is 5.85. The topological polar surface area (TPSA) is 22.0 Å². The second-order valence-electron chi connectivity index (χ2n) is 4.73. The molecule has 96 valence electrons. The van der Waals surface area contributed by atoms with E-state index in [2.05, 4.69) is 6.07 Å². The molecule has 18 heavy (non-hydrogen) atoms. The molecular weight excluding hydrogens is 222 g/mol. The zero-order chi connectivity index (χ0) is 13.3. The molecular formula is C16H21NO. The monoisotopic (exact) mass is 243 g/mol. The van der Waals surface area contributed by atoms with Crippen molar-refractivity contribution in [3.8, 4) is 0 Å². The van der Waals surface area contributed by atoms with E-state index in [9.17, 15) is 4.79 Å². The van der Waals surface area contributed by atoms with Gasteiger partial charge in [-0.3, -0.25) is 4.79 Å². The van der Waals surface area contributed by atoms with E-state index in [4.69, 9.17) is 0 Å². The molecule has 1 saturated carbocycles. The van der Waals surface area contributed by atoms with Crippen LogP contribution in [-0.4, -0.2) is 4.57 Å². The molecule has 2 aromatic rings. The molecule has 0 N–H and O–H groups in total. The molecule has 2 heteroatoms. The quantitative estimate of drug-likeness (QED) is 0.742. The van der Waals surface area contributed by atoms with Gasteiger partial charge in [-0.1, -0.05) is 32.0 Å². The van der Waals surface area contributed by atoms with Crippen LogP contribution in [0.5, 0.6) is 0 Å². The lowest BCUT2D eigenvalue weighted by Crippen LogP contribution is -2.21. The third kappa shape index (κ3) is 2.07. The minimum Gasteiger partial charge on any atom is -0.309 e. The molecule has 0 radical (unpaired) electrons. The number of pyridine rings is 1. The molecule has 1 aliphatic carbocycles. The van der Waals surface area contributed by atoms with Crippen molar-refractivity contribution in [2.45, 2.75) is 46.6 Å². The Balaban J connectivity index is 0.000000574. The Morgan fingerprint density at radius 1 is 1.17 bits per heavy atom. The summed E-state index contributed by atoms with van der Waals surface area (Å²) in [7, 11) is 0. The van der Waals surface area contributed by atoms with Gasteiger partial charge in [0.15, 0.2) is 0 Å². The number of aromatic nitrogens is 1. The molecule has 1 aromatic carbocycles. The molecule has 1 heterocycles. The van der Waals surface area contributed by atoms with Crippen molar-refractivity contribution in [1.29, 1.82) is 0 Å². The van der Waals surface area contributed by atoms with Gasteiger partial charge in [-0.05, 0) is 43.7 Å². The van der Waals surface area contributed by atoms with Gasteiger partial charge in [-0.25, -0.2) is 0 Å². The van der Waals surface area contributed by atoms with E-state index in [0.717, 1.165) is 34.9 Å². The van der Waals surface area contributed by atoms with Crippen molar-refractivity contribution in [2.24, 2.45) is 0 Å². The lowest BCUT2D eigenvalue weighted by atomic mass is 10.1.